The topological polar surface area (TPSA) is 80.3 Å². The maximum atomic E-state index is 11.2. The summed E-state index contributed by atoms with van der Waals surface area (Å²) in [5.74, 6) is -1.66. The van der Waals surface area contributed by atoms with E-state index in [9.17, 15) is 9.59 Å². The molecule has 0 aromatic carbocycles. The number of rotatable bonds is 4. The van der Waals surface area contributed by atoms with Gasteiger partial charge >= 0.3 is 11.9 Å². The van der Waals surface area contributed by atoms with Crippen LogP contribution in [-0.2, 0) is 33.3 Å². The smallest absolute Gasteiger partial charge is 0.346 e. The van der Waals surface area contributed by atoms with Crippen LogP contribution in [0.15, 0.2) is 0 Å². The van der Waals surface area contributed by atoms with E-state index in [-0.39, 0.29) is 6.61 Å². The number of methoxy groups -OCH3 is 2. The molecular weight excluding hydrogens is 220 g/mol. The van der Waals surface area contributed by atoms with Crippen molar-refractivity contribution in [3.63, 3.8) is 0 Å². The molecule has 0 N–H and O–H groups in total. The number of ether oxygens (including phenoxy) is 5. The van der Waals surface area contributed by atoms with Gasteiger partial charge in [-0.15, -0.1) is 0 Å². The first-order chi connectivity index (χ1) is 7.69. The van der Waals surface area contributed by atoms with Crippen LogP contribution in [0.4, 0.5) is 0 Å². The number of carbonyl (C=O) groups is 2. The summed E-state index contributed by atoms with van der Waals surface area (Å²) in [5.41, 5.74) is 0. The van der Waals surface area contributed by atoms with Crippen molar-refractivity contribution in [1.29, 1.82) is 0 Å². The zero-order chi connectivity index (χ0) is 12.0. The number of hydrogen-bond donors (Lipinski definition) is 0. The van der Waals surface area contributed by atoms with Crippen LogP contribution >= 0.6 is 0 Å². The van der Waals surface area contributed by atoms with E-state index in [0.717, 1.165) is 14.2 Å². The molecule has 1 atom stereocenters. The summed E-state index contributed by atoms with van der Waals surface area (Å²) < 4.78 is 24.1. The molecule has 1 fully saturated rings. The third kappa shape index (κ3) is 3.44. The summed E-state index contributed by atoms with van der Waals surface area (Å²) in [5, 5.41) is 0. The Kier molecular flexibility index (Phi) is 5.17. The molecule has 1 heterocycles. The van der Waals surface area contributed by atoms with Crippen LogP contribution in [0.3, 0.4) is 0 Å². The standard InChI is InChI=1S/C9H14O7/c1-12-8(10)7(9(11)13-2)16-6-5-14-3-4-15-6/h6-7H,3-5H2,1-2H3. The lowest BCUT2D eigenvalue weighted by atomic mass is 10.3. The zero-order valence-corrected chi connectivity index (χ0v) is 9.13. The van der Waals surface area contributed by atoms with Gasteiger partial charge in [0.2, 0.25) is 0 Å². The van der Waals surface area contributed by atoms with Crippen molar-refractivity contribution < 1.29 is 33.3 Å². The molecule has 0 saturated carbocycles. The molecule has 0 amide bonds. The molecule has 1 aliphatic rings. The minimum absolute atomic E-state index is 0.157. The second kappa shape index (κ2) is 6.41. The number of hydrogen-bond acceptors (Lipinski definition) is 7. The molecule has 1 saturated heterocycles. The molecule has 0 aromatic rings. The summed E-state index contributed by atoms with van der Waals surface area (Å²) >= 11 is 0. The first-order valence-electron chi connectivity index (χ1n) is 4.69. The highest BCUT2D eigenvalue weighted by atomic mass is 16.7. The normalized spacial score (nSPS) is 20.6. The van der Waals surface area contributed by atoms with Gasteiger partial charge in [-0.25, -0.2) is 9.59 Å². The van der Waals surface area contributed by atoms with E-state index in [1.165, 1.54) is 0 Å². The van der Waals surface area contributed by atoms with Crippen molar-refractivity contribution in [1.82, 2.24) is 0 Å². The Bertz CT molecular complexity index is 230. The quantitative estimate of drug-likeness (QED) is 0.460. The van der Waals surface area contributed by atoms with Crippen molar-refractivity contribution in [2.24, 2.45) is 0 Å². The molecule has 1 unspecified atom stereocenters. The second-order valence-electron chi connectivity index (χ2n) is 2.94. The summed E-state index contributed by atoms with van der Waals surface area (Å²) in [6, 6.07) is 0. The summed E-state index contributed by atoms with van der Waals surface area (Å²) in [7, 11) is 2.31. The lowest BCUT2D eigenvalue weighted by Gasteiger charge is -2.25. The molecule has 92 valence electrons. The van der Waals surface area contributed by atoms with Crippen LogP contribution in [0, 0.1) is 0 Å². The van der Waals surface area contributed by atoms with Gasteiger partial charge in [0.25, 0.3) is 6.10 Å². The molecule has 0 bridgehead atoms. The average Bonchev–Trinajstić information content (AvgIpc) is 2.35. The summed E-state index contributed by atoms with van der Waals surface area (Å²) in [6.07, 6.45) is -2.21. The fourth-order valence-corrected chi connectivity index (χ4v) is 1.12. The van der Waals surface area contributed by atoms with Crippen LogP contribution < -0.4 is 0 Å². The Labute approximate surface area is 92.5 Å². The van der Waals surface area contributed by atoms with Crippen molar-refractivity contribution >= 4 is 11.9 Å². The van der Waals surface area contributed by atoms with E-state index in [4.69, 9.17) is 14.2 Å². The van der Waals surface area contributed by atoms with Gasteiger partial charge in [-0.2, -0.15) is 0 Å². The van der Waals surface area contributed by atoms with Crippen LogP contribution in [0.5, 0.6) is 0 Å². The summed E-state index contributed by atoms with van der Waals surface area (Å²) in [6.45, 7) is 0.963. The fourth-order valence-electron chi connectivity index (χ4n) is 1.12. The van der Waals surface area contributed by atoms with Crippen LogP contribution in [0.25, 0.3) is 0 Å². The highest BCUT2D eigenvalue weighted by molar-refractivity contribution is 5.97. The Balaban J connectivity index is 2.54. The van der Waals surface area contributed by atoms with E-state index in [1.54, 1.807) is 0 Å². The Morgan fingerprint density at radius 3 is 2.25 bits per heavy atom. The number of esters is 2. The predicted octanol–water partition coefficient (Wildman–Crippen LogP) is -0.909. The maximum absolute atomic E-state index is 11.2. The third-order valence-electron chi connectivity index (χ3n) is 1.90. The van der Waals surface area contributed by atoms with Gasteiger partial charge in [0.15, 0.2) is 6.29 Å². The Morgan fingerprint density at radius 2 is 1.81 bits per heavy atom. The minimum Gasteiger partial charge on any atom is -0.467 e. The average molecular weight is 234 g/mol. The first-order valence-corrected chi connectivity index (χ1v) is 4.69. The molecule has 0 spiro atoms. The SMILES string of the molecule is COC(=O)C(OC1COCCO1)C(=O)OC. The third-order valence-corrected chi connectivity index (χ3v) is 1.90. The molecule has 1 rings (SSSR count). The molecule has 16 heavy (non-hydrogen) atoms. The number of carbonyl (C=O) groups excluding carboxylic acids is 2. The molecule has 0 aliphatic carbocycles. The van der Waals surface area contributed by atoms with E-state index in [2.05, 4.69) is 9.47 Å². The minimum atomic E-state index is -1.44. The van der Waals surface area contributed by atoms with Crippen molar-refractivity contribution in [2.45, 2.75) is 12.4 Å². The van der Waals surface area contributed by atoms with Crippen molar-refractivity contribution in [2.75, 3.05) is 34.0 Å². The highest BCUT2D eigenvalue weighted by Crippen LogP contribution is 2.08. The van der Waals surface area contributed by atoms with E-state index in [1.807, 2.05) is 0 Å². The fraction of sp³-hybridized carbons (Fsp3) is 0.778. The maximum Gasteiger partial charge on any atom is 0.346 e. The largest absolute Gasteiger partial charge is 0.467 e. The molecular formula is C9H14O7. The molecule has 7 heteroatoms. The Morgan fingerprint density at radius 1 is 1.19 bits per heavy atom. The monoisotopic (exact) mass is 234 g/mol. The van der Waals surface area contributed by atoms with Crippen molar-refractivity contribution in [3.05, 3.63) is 0 Å². The Hall–Kier alpha value is -1.18. The molecule has 1 aliphatic heterocycles. The van der Waals surface area contributed by atoms with Gasteiger partial charge in [0.1, 0.15) is 0 Å². The molecule has 0 radical (unpaired) electrons. The predicted molar refractivity (Wildman–Crippen MR) is 49.5 cm³/mol. The van der Waals surface area contributed by atoms with Gasteiger partial charge in [-0.3, -0.25) is 0 Å². The molecule has 0 aromatic heterocycles. The second-order valence-corrected chi connectivity index (χ2v) is 2.94. The molecule has 7 nitrogen and oxygen atoms in total. The van der Waals surface area contributed by atoms with Crippen LogP contribution in [-0.4, -0.2) is 58.4 Å². The highest BCUT2D eigenvalue weighted by Gasteiger charge is 2.33. The lowest BCUT2D eigenvalue weighted by molar-refractivity contribution is -0.236. The zero-order valence-electron chi connectivity index (χ0n) is 9.13. The van der Waals surface area contributed by atoms with Gasteiger partial charge < -0.3 is 23.7 Å². The van der Waals surface area contributed by atoms with Crippen LogP contribution in [0.1, 0.15) is 0 Å². The van der Waals surface area contributed by atoms with E-state index in [0.29, 0.717) is 13.2 Å². The van der Waals surface area contributed by atoms with Crippen molar-refractivity contribution in [3.8, 4) is 0 Å². The summed E-state index contributed by atoms with van der Waals surface area (Å²) in [4.78, 5) is 22.5. The lowest BCUT2D eigenvalue weighted by Crippen LogP contribution is -2.42. The van der Waals surface area contributed by atoms with E-state index < -0.39 is 24.3 Å². The van der Waals surface area contributed by atoms with Gasteiger partial charge in [0.05, 0.1) is 34.0 Å². The van der Waals surface area contributed by atoms with E-state index >= 15 is 0 Å². The van der Waals surface area contributed by atoms with Gasteiger partial charge in [-0.1, -0.05) is 0 Å². The van der Waals surface area contributed by atoms with Crippen LogP contribution in [0.2, 0.25) is 0 Å². The van der Waals surface area contributed by atoms with Gasteiger partial charge in [0, 0.05) is 0 Å². The van der Waals surface area contributed by atoms with Gasteiger partial charge in [-0.05, 0) is 0 Å². The first kappa shape index (κ1) is 12.9.